The molecule has 0 radical (unpaired) electrons. The van der Waals surface area contributed by atoms with Gasteiger partial charge >= 0.3 is 0 Å². The lowest BCUT2D eigenvalue weighted by Gasteiger charge is -2.24. The first-order chi connectivity index (χ1) is 11.1. The van der Waals surface area contributed by atoms with Gasteiger partial charge in [-0.25, -0.2) is 13.1 Å². The Bertz CT molecular complexity index is 786. The Balaban J connectivity index is 1.79. The first-order valence-corrected chi connectivity index (χ1v) is 8.98. The number of benzene rings is 2. The number of rotatable bonds is 5. The number of hydrogen-bond donors (Lipinski definition) is 1. The third-order valence-corrected chi connectivity index (χ3v) is 5.35. The van der Waals surface area contributed by atoms with Crippen molar-refractivity contribution in [2.75, 3.05) is 12.1 Å². The number of anilines is 1. The minimum absolute atomic E-state index is 0.254. The summed E-state index contributed by atoms with van der Waals surface area (Å²) >= 11 is 0. The molecule has 0 spiro atoms. The third kappa shape index (κ3) is 3.43. The molecule has 0 saturated heterocycles. The highest BCUT2D eigenvalue weighted by Gasteiger charge is 2.23. The Morgan fingerprint density at radius 2 is 1.83 bits per heavy atom. The molecule has 0 bridgehead atoms. The highest BCUT2D eigenvalue weighted by atomic mass is 32.2. The fourth-order valence-electron chi connectivity index (χ4n) is 2.68. The molecule has 0 amide bonds. The molecule has 1 aliphatic rings. The molecule has 120 valence electrons. The van der Waals surface area contributed by atoms with E-state index in [-0.39, 0.29) is 10.9 Å². The van der Waals surface area contributed by atoms with Crippen molar-refractivity contribution in [3.05, 3.63) is 60.2 Å². The molecule has 23 heavy (non-hydrogen) atoms. The topological polar surface area (TPSA) is 61.8 Å². The lowest BCUT2D eigenvalue weighted by atomic mass is 10.0. The Hall–Kier alpha value is -2.18. The monoisotopic (exact) mass is 329 g/mol. The molecular formula is C17H19N3O2S. The van der Waals surface area contributed by atoms with Crippen LogP contribution in [-0.2, 0) is 16.4 Å². The molecule has 1 atom stereocenters. The Labute approximate surface area is 136 Å². The second-order valence-electron chi connectivity index (χ2n) is 5.42. The fraction of sp³-hybridized carbons (Fsp3) is 0.235. The lowest BCUT2D eigenvalue weighted by molar-refractivity contribution is 0.588. The van der Waals surface area contributed by atoms with E-state index in [2.05, 4.69) is 22.0 Å². The molecule has 1 unspecified atom stereocenters. The van der Waals surface area contributed by atoms with E-state index in [1.807, 2.05) is 29.4 Å². The van der Waals surface area contributed by atoms with Crippen LogP contribution in [0.1, 0.15) is 12.0 Å². The summed E-state index contributed by atoms with van der Waals surface area (Å²) in [5.41, 5.74) is 2.16. The number of nitrogens with one attached hydrogen (secondary N) is 1. The molecule has 1 N–H and O–H groups in total. The van der Waals surface area contributed by atoms with Crippen LogP contribution in [0.2, 0.25) is 0 Å². The van der Waals surface area contributed by atoms with Crippen molar-refractivity contribution >= 4 is 21.9 Å². The van der Waals surface area contributed by atoms with Crippen LogP contribution in [0.3, 0.4) is 0 Å². The summed E-state index contributed by atoms with van der Waals surface area (Å²) in [6.07, 6.45) is 3.69. The van der Waals surface area contributed by atoms with Crippen LogP contribution < -0.4 is 9.73 Å². The minimum Gasteiger partial charge on any atom is -0.262 e. The van der Waals surface area contributed by atoms with E-state index in [0.717, 1.165) is 18.5 Å². The molecule has 3 rings (SSSR count). The third-order valence-electron chi connectivity index (χ3n) is 3.92. The summed E-state index contributed by atoms with van der Waals surface area (Å²) in [4.78, 5) is 0.256. The SMILES string of the molecule is CNS(=O)(=O)c1ccc(N2N=CCC2Cc2ccccc2)cc1. The van der Waals surface area contributed by atoms with Gasteiger partial charge in [0, 0.05) is 12.6 Å². The van der Waals surface area contributed by atoms with Crippen LogP contribution in [0.15, 0.2) is 64.6 Å². The number of sulfonamides is 1. The summed E-state index contributed by atoms with van der Waals surface area (Å²) in [6, 6.07) is 17.4. The zero-order valence-electron chi connectivity index (χ0n) is 12.9. The summed E-state index contributed by atoms with van der Waals surface area (Å²) in [6.45, 7) is 0. The van der Waals surface area contributed by atoms with Crippen molar-refractivity contribution in [2.24, 2.45) is 5.10 Å². The number of hydrazone groups is 1. The van der Waals surface area contributed by atoms with Crippen LogP contribution in [-0.4, -0.2) is 27.7 Å². The van der Waals surface area contributed by atoms with Gasteiger partial charge in [-0.1, -0.05) is 30.3 Å². The van der Waals surface area contributed by atoms with Crippen LogP contribution >= 0.6 is 0 Å². The van der Waals surface area contributed by atoms with E-state index in [1.54, 1.807) is 24.3 Å². The molecule has 1 aliphatic heterocycles. The Morgan fingerprint density at radius 3 is 2.48 bits per heavy atom. The van der Waals surface area contributed by atoms with Crippen LogP contribution in [0, 0.1) is 0 Å². The normalized spacial score (nSPS) is 17.6. The van der Waals surface area contributed by atoms with Gasteiger partial charge in [0.25, 0.3) is 0 Å². The van der Waals surface area contributed by atoms with Crippen molar-refractivity contribution < 1.29 is 8.42 Å². The van der Waals surface area contributed by atoms with Crippen molar-refractivity contribution in [3.8, 4) is 0 Å². The van der Waals surface area contributed by atoms with E-state index in [1.165, 1.54) is 12.6 Å². The first-order valence-electron chi connectivity index (χ1n) is 7.49. The molecular weight excluding hydrogens is 310 g/mol. The molecule has 6 heteroatoms. The van der Waals surface area contributed by atoms with Gasteiger partial charge in [-0.15, -0.1) is 0 Å². The van der Waals surface area contributed by atoms with Gasteiger partial charge in [0.2, 0.25) is 10.0 Å². The average molecular weight is 329 g/mol. The maximum atomic E-state index is 11.8. The van der Waals surface area contributed by atoms with Crippen molar-refractivity contribution in [1.29, 1.82) is 0 Å². The zero-order valence-corrected chi connectivity index (χ0v) is 13.7. The van der Waals surface area contributed by atoms with Gasteiger partial charge in [0.15, 0.2) is 0 Å². The van der Waals surface area contributed by atoms with Crippen LogP contribution in [0.5, 0.6) is 0 Å². The van der Waals surface area contributed by atoms with Gasteiger partial charge in [-0.2, -0.15) is 5.10 Å². The van der Waals surface area contributed by atoms with Gasteiger partial charge < -0.3 is 0 Å². The van der Waals surface area contributed by atoms with E-state index >= 15 is 0 Å². The fourth-order valence-corrected chi connectivity index (χ4v) is 3.41. The molecule has 5 nitrogen and oxygen atoms in total. The lowest BCUT2D eigenvalue weighted by Crippen LogP contribution is -2.28. The standard InChI is InChI=1S/C17H19N3O2S/c1-18-23(21,22)17-9-7-15(8-10-17)20-16(11-12-19-20)13-14-5-3-2-4-6-14/h2-10,12,16,18H,11,13H2,1H3. The summed E-state index contributed by atoms with van der Waals surface area (Å²) < 4.78 is 25.9. The van der Waals surface area contributed by atoms with E-state index < -0.39 is 10.0 Å². The molecule has 0 saturated carbocycles. The van der Waals surface area contributed by atoms with Crippen molar-refractivity contribution in [2.45, 2.75) is 23.8 Å². The molecule has 2 aromatic carbocycles. The van der Waals surface area contributed by atoms with Crippen LogP contribution in [0.4, 0.5) is 5.69 Å². The molecule has 0 aliphatic carbocycles. The number of hydrogen-bond acceptors (Lipinski definition) is 4. The van der Waals surface area contributed by atoms with Crippen molar-refractivity contribution in [3.63, 3.8) is 0 Å². The van der Waals surface area contributed by atoms with Gasteiger partial charge in [-0.05, 0) is 43.3 Å². The molecule has 2 aromatic rings. The molecule has 1 heterocycles. The Morgan fingerprint density at radius 1 is 1.13 bits per heavy atom. The Kier molecular flexibility index (Phi) is 4.45. The smallest absolute Gasteiger partial charge is 0.240 e. The average Bonchev–Trinajstić information content (AvgIpc) is 3.04. The van der Waals surface area contributed by atoms with Gasteiger partial charge in [0.05, 0.1) is 16.6 Å². The predicted molar refractivity (Wildman–Crippen MR) is 92.2 cm³/mol. The largest absolute Gasteiger partial charge is 0.262 e. The van der Waals surface area contributed by atoms with E-state index in [0.29, 0.717) is 0 Å². The summed E-state index contributed by atoms with van der Waals surface area (Å²) in [5.74, 6) is 0. The van der Waals surface area contributed by atoms with E-state index in [9.17, 15) is 8.42 Å². The molecule has 0 fully saturated rings. The van der Waals surface area contributed by atoms with Gasteiger partial charge in [-0.3, -0.25) is 5.01 Å². The predicted octanol–water partition coefficient (Wildman–Crippen LogP) is 2.40. The number of nitrogens with zero attached hydrogens (tertiary/aromatic N) is 2. The second-order valence-corrected chi connectivity index (χ2v) is 7.31. The maximum Gasteiger partial charge on any atom is 0.240 e. The first kappa shape index (κ1) is 15.7. The van der Waals surface area contributed by atoms with Crippen molar-refractivity contribution in [1.82, 2.24) is 4.72 Å². The van der Waals surface area contributed by atoms with E-state index in [4.69, 9.17) is 0 Å². The minimum atomic E-state index is -3.41. The zero-order chi connectivity index (χ0) is 16.3. The highest BCUT2D eigenvalue weighted by molar-refractivity contribution is 7.89. The second kappa shape index (κ2) is 6.52. The quantitative estimate of drug-likeness (QED) is 0.916. The van der Waals surface area contributed by atoms with Crippen LogP contribution in [0.25, 0.3) is 0 Å². The van der Waals surface area contributed by atoms with Gasteiger partial charge in [0.1, 0.15) is 0 Å². The summed E-state index contributed by atoms with van der Waals surface area (Å²) in [5, 5.41) is 6.40. The maximum absolute atomic E-state index is 11.8. The summed E-state index contributed by atoms with van der Waals surface area (Å²) in [7, 11) is -2.00. The molecule has 0 aromatic heterocycles. The highest BCUT2D eigenvalue weighted by Crippen LogP contribution is 2.26.